The minimum Gasteiger partial charge on any atom is -0.347 e. The Bertz CT molecular complexity index is 522. The molecule has 0 bridgehead atoms. The second-order valence-corrected chi connectivity index (χ2v) is 4.24. The Balaban J connectivity index is 2.28. The van der Waals surface area contributed by atoms with E-state index in [1.165, 1.54) is 16.7 Å². The van der Waals surface area contributed by atoms with Gasteiger partial charge in [-0.2, -0.15) is 0 Å². The number of aryl methyl sites for hydroxylation is 2. The van der Waals surface area contributed by atoms with Gasteiger partial charge >= 0.3 is 0 Å². The average Bonchev–Trinajstić information content (AvgIpc) is 2.28. The van der Waals surface area contributed by atoms with Crippen LogP contribution in [0.15, 0.2) is 53.8 Å². The molecule has 2 N–H and O–H groups in total. The molecule has 0 aromatic heterocycles. The number of nitrogens with two attached hydrogens (primary N) is 1. The molecule has 0 aliphatic heterocycles. The summed E-state index contributed by atoms with van der Waals surface area (Å²) >= 11 is 0. The first-order chi connectivity index (χ1) is 8.16. The van der Waals surface area contributed by atoms with Gasteiger partial charge in [0.2, 0.25) is 0 Å². The summed E-state index contributed by atoms with van der Waals surface area (Å²) in [6, 6.07) is 6.33. The molecule has 1 heteroatoms. The maximum atomic E-state index is 5.72. The van der Waals surface area contributed by atoms with Gasteiger partial charge in [-0.25, -0.2) is 0 Å². The summed E-state index contributed by atoms with van der Waals surface area (Å²) in [4.78, 5) is 0. The van der Waals surface area contributed by atoms with Gasteiger partial charge in [-0.05, 0) is 36.6 Å². The van der Waals surface area contributed by atoms with E-state index in [1.54, 1.807) is 6.08 Å². The number of allylic oxidation sites excluding steroid dienone is 6. The summed E-state index contributed by atoms with van der Waals surface area (Å²) in [6.45, 7) is 4.25. The second kappa shape index (κ2) is 4.82. The van der Waals surface area contributed by atoms with Crippen LogP contribution >= 0.6 is 0 Å². The summed E-state index contributed by atoms with van der Waals surface area (Å²) in [5, 5.41) is 0. The molecule has 0 heterocycles. The fourth-order valence-corrected chi connectivity index (χ4v) is 1.88. The largest absolute Gasteiger partial charge is 0.347 e. The third kappa shape index (κ3) is 2.72. The van der Waals surface area contributed by atoms with Crippen LogP contribution in [0.2, 0.25) is 0 Å². The van der Waals surface area contributed by atoms with E-state index in [1.807, 2.05) is 12.2 Å². The van der Waals surface area contributed by atoms with Crippen LogP contribution in [-0.2, 0) is 0 Å². The minimum absolute atomic E-state index is 0.744. The molecule has 1 aliphatic carbocycles. The molecule has 2 rings (SSSR count). The second-order valence-electron chi connectivity index (χ2n) is 4.24. The monoisotopic (exact) mass is 222 g/mol. The Morgan fingerprint density at radius 3 is 2.47 bits per heavy atom. The number of hydrogen-bond donors (Lipinski definition) is 1. The van der Waals surface area contributed by atoms with Crippen molar-refractivity contribution < 1.29 is 0 Å². The van der Waals surface area contributed by atoms with Crippen LogP contribution in [0.3, 0.4) is 0 Å². The summed E-state index contributed by atoms with van der Waals surface area (Å²) in [5.74, 6) is 0. The topological polar surface area (TPSA) is 26.0 Å². The first-order valence-corrected chi connectivity index (χ1v) is 5.68. The summed E-state index contributed by atoms with van der Waals surface area (Å²) < 4.78 is 0. The molecule has 0 amide bonds. The average molecular weight is 222 g/mol. The lowest BCUT2D eigenvalue weighted by molar-refractivity contribution is 1.35. The molecular formula is C16H16N+. The zero-order chi connectivity index (χ0) is 12.3. The molecular weight excluding hydrogens is 206 g/mol. The first-order valence-electron chi connectivity index (χ1n) is 5.68. The van der Waals surface area contributed by atoms with Gasteiger partial charge in [0.15, 0.2) is 0 Å². The van der Waals surface area contributed by atoms with Gasteiger partial charge in [-0.15, -0.1) is 0 Å². The van der Waals surface area contributed by atoms with E-state index in [9.17, 15) is 0 Å². The highest BCUT2D eigenvalue weighted by Crippen LogP contribution is 2.17. The Kier molecular flexibility index (Phi) is 3.22. The van der Waals surface area contributed by atoms with E-state index in [4.69, 9.17) is 5.73 Å². The lowest BCUT2D eigenvalue weighted by atomic mass is 10.0. The maximum Gasteiger partial charge on any atom is 0.144 e. The van der Waals surface area contributed by atoms with Crippen molar-refractivity contribution in [3.05, 3.63) is 76.5 Å². The van der Waals surface area contributed by atoms with Crippen LogP contribution in [0.4, 0.5) is 0 Å². The third-order valence-electron chi connectivity index (χ3n) is 2.82. The molecule has 84 valence electrons. The quantitative estimate of drug-likeness (QED) is 0.762. The van der Waals surface area contributed by atoms with Crippen LogP contribution in [0.5, 0.6) is 0 Å². The van der Waals surface area contributed by atoms with Gasteiger partial charge in [-0.1, -0.05) is 18.2 Å². The molecule has 0 unspecified atom stereocenters. The minimum atomic E-state index is 0.744. The maximum absolute atomic E-state index is 5.72. The predicted octanol–water partition coefficient (Wildman–Crippen LogP) is 3.46. The van der Waals surface area contributed by atoms with Gasteiger partial charge < -0.3 is 5.73 Å². The highest BCUT2D eigenvalue weighted by Gasteiger charge is 2.04. The van der Waals surface area contributed by atoms with Gasteiger partial charge in [-0.3, -0.25) is 0 Å². The van der Waals surface area contributed by atoms with Gasteiger partial charge in [0.25, 0.3) is 0 Å². The van der Waals surface area contributed by atoms with Crippen LogP contribution in [-0.4, -0.2) is 0 Å². The van der Waals surface area contributed by atoms with E-state index in [2.05, 4.69) is 50.3 Å². The lowest BCUT2D eigenvalue weighted by Gasteiger charge is -2.03. The van der Waals surface area contributed by atoms with E-state index in [-0.39, 0.29) is 0 Å². The zero-order valence-corrected chi connectivity index (χ0v) is 10.2. The van der Waals surface area contributed by atoms with Gasteiger partial charge in [0.05, 0.1) is 11.6 Å². The van der Waals surface area contributed by atoms with Crippen LogP contribution in [0.1, 0.15) is 16.7 Å². The van der Waals surface area contributed by atoms with E-state index in [0.29, 0.717) is 0 Å². The lowest BCUT2D eigenvalue weighted by Crippen LogP contribution is -1.95. The van der Waals surface area contributed by atoms with Gasteiger partial charge in [0, 0.05) is 12.2 Å². The Hall–Kier alpha value is -2.11. The zero-order valence-electron chi connectivity index (χ0n) is 10.2. The van der Waals surface area contributed by atoms with Crippen molar-refractivity contribution in [1.29, 1.82) is 0 Å². The molecule has 0 fully saturated rings. The van der Waals surface area contributed by atoms with Crippen molar-refractivity contribution in [1.82, 2.24) is 0 Å². The van der Waals surface area contributed by atoms with E-state index < -0.39 is 0 Å². The molecule has 17 heavy (non-hydrogen) atoms. The van der Waals surface area contributed by atoms with Crippen molar-refractivity contribution >= 4 is 6.08 Å². The van der Waals surface area contributed by atoms with Crippen molar-refractivity contribution in [2.75, 3.05) is 0 Å². The summed E-state index contributed by atoms with van der Waals surface area (Å²) in [6.07, 6.45) is 12.9. The molecule has 0 radical (unpaired) electrons. The molecule has 1 nitrogen and oxygen atoms in total. The van der Waals surface area contributed by atoms with Crippen LogP contribution < -0.4 is 5.73 Å². The van der Waals surface area contributed by atoms with Crippen molar-refractivity contribution in [3.63, 3.8) is 0 Å². The summed E-state index contributed by atoms with van der Waals surface area (Å²) in [7, 11) is 0. The normalized spacial score (nSPS) is 14.5. The number of hydrogen-bond acceptors (Lipinski definition) is 1. The summed E-state index contributed by atoms with van der Waals surface area (Å²) in [5.41, 5.74) is 11.4. The Labute approximate surface area is 103 Å². The molecule has 0 saturated heterocycles. The third-order valence-corrected chi connectivity index (χ3v) is 2.82. The SMILES string of the molecule is Cc1cccc(C)c1C=CC1=CC(N)=C[C+]=C1. The van der Waals surface area contributed by atoms with Crippen LogP contribution in [0, 0.1) is 19.9 Å². The van der Waals surface area contributed by atoms with E-state index in [0.717, 1.165) is 11.3 Å². The van der Waals surface area contributed by atoms with Crippen molar-refractivity contribution in [3.8, 4) is 0 Å². The van der Waals surface area contributed by atoms with Crippen molar-refractivity contribution in [2.24, 2.45) is 5.73 Å². The highest BCUT2D eigenvalue weighted by atomic mass is 14.6. The molecule has 1 aliphatic rings. The predicted molar refractivity (Wildman–Crippen MR) is 73.1 cm³/mol. The standard InChI is InChI=1S/C16H16N/c1-12-5-3-6-13(2)16(12)10-9-14-7-4-8-15(17)11-14/h3,5-11H,17H2,1-2H3/q+1. The Morgan fingerprint density at radius 2 is 1.82 bits per heavy atom. The highest BCUT2D eigenvalue weighted by molar-refractivity contribution is 5.61. The van der Waals surface area contributed by atoms with Crippen molar-refractivity contribution in [2.45, 2.75) is 13.8 Å². The van der Waals surface area contributed by atoms with Crippen LogP contribution in [0.25, 0.3) is 6.08 Å². The molecule has 0 spiro atoms. The van der Waals surface area contributed by atoms with E-state index >= 15 is 0 Å². The molecule has 1 aromatic carbocycles. The number of benzene rings is 1. The molecule has 0 saturated carbocycles. The van der Waals surface area contributed by atoms with Gasteiger partial charge in [0.1, 0.15) is 17.8 Å². The Morgan fingerprint density at radius 1 is 1.12 bits per heavy atom. The fourth-order valence-electron chi connectivity index (χ4n) is 1.88. The smallest absolute Gasteiger partial charge is 0.144 e. The molecule has 0 atom stereocenters. The first kappa shape index (κ1) is 11.4. The molecule has 1 aromatic rings. The fraction of sp³-hybridized carbons (Fsp3) is 0.125. The number of rotatable bonds is 2.